The third-order valence-corrected chi connectivity index (χ3v) is 4.70. The lowest BCUT2D eigenvalue weighted by atomic mass is 10.1. The van der Waals surface area contributed by atoms with Crippen molar-refractivity contribution in [1.29, 1.82) is 0 Å². The molecule has 0 aliphatic carbocycles. The van der Waals surface area contributed by atoms with Crippen LogP contribution in [0.4, 0.5) is 0 Å². The molecular weight excluding hydrogens is 272 g/mol. The van der Waals surface area contributed by atoms with E-state index >= 15 is 0 Å². The SMILES string of the molecule is COCCCN1C(=O)C(C(C)C)NC1c1ccc(C)s1. The molecule has 1 saturated heterocycles. The molecule has 2 unspecified atom stereocenters. The molecular formula is C15H24N2O2S. The number of hydrogen-bond acceptors (Lipinski definition) is 4. The molecule has 2 atom stereocenters. The Morgan fingerprint density at radius 1 is 1.45 bits per heavy atom. The van der Waals surface area contributed by atoms with Crippen molar-refractivity contribution in [3.05, 3.63) is 21.9 Å². The van der Waals surface area contributed by atoms with Gasteiger partial charge in [-0.3, -0.25) is 10.1 Å². The summed E-state index contributed by atoms with van der Waals surface area (Å²) in [5.41, 5.74) is 0. The van der Waals surface area contributed by atoms with Gasteiger partial charge in [-0.2, -0.15) is 0 Å². The van der Waals surface area contributed by atoms with Gasteiger partial charge in [0.15, 0.2) is 0 Å². The molecule has 1 aliphatic rings. The van der Waals surface area contributed by atoms with E-state index in [1.165, 1.54) is 9.75 Å². The van der Waals surface area contributed by atoms with Gasteiger partial charge >= 0.3 is 0 Å². The van der Waals surface area contributed by atoms with E-state index in [9.17, 15) is 4.79 Å². The fraction of sp³-hybridized carbons (Fsp3) is 0.667. The third kappa shape index (κ3) is 3.22. The number of amides is 1. The second kappa shape index (κ2) is 6.70. The van der Waals surface area contributed by atoms with E-state index in [1.807, 2.05) is 4.90 Å². The molecule has 20 heavy (non-hydrogen) atoms. The Hall–Kier alpha value is -0.910. The van der Waals surface area contributed by atoms with Crippen LogP contribution in [0.2, 0.25) is 0 Å². The van der Waals surface area contributed by atoms with E-state index in [0.29, 0.717) is 12.5 Å². The Morgan fingerprint density at radius 2 is 2.20 bits per heavy atom. The molecule has 0 radical (unpaired) electrons. The average Bonchev–Trinajstić information content (AvgIpc) is 2.95. The Kier molecular flexibility index (Phi) is 5.18. The monoisotopic (exact) mass is 296 g/mol. The third-order valence-electron chi connectivity index (χ3n) is 3.64. The fourth-order valence-corrected chi connectivity index (χ4v) is 3.52. The highest BCUT2D eigenvalue weighted by Crippen LogP contribution is 2.32. The Bertz CT molecular complexity index is 458. The van der Waals surface area contributed by atoms with Crippen molar-refractivity contribution in [2.45, 2.75) is 39.4 Å². The van der Waals surface area contributed by atoms with Crippen LogP contribution in [0.3, 0.4) is 0 Å². The first-order valence-corrected chi connectivity index (χ1v) is 7.98. The molecule has 5 heteroatoms. The van der Waals surface area contributed by atoms with E-state index in [-0.39, 0.29) is 18.1 Å². The van der Waals surface area contributed by atoms with Gasteiger partial charge in [-0.15, -0.1) is 11.3 Å². The maximum Gasteiger partial charge on any atom is 0.241 e. The zero-order valence-corrected chi connectivity index (χ0v) is 13.5. The molecule has 4 nitrogen and oxygen atoms in total. The summed E-state index contributed by atoms with van der Waals surface area (Å²) < 4.78 is 5.10. The second-order valence-electron chi connectivity index (χ2n) is 5.62. The van der Waals surface area contributed by atoms with Gasteiger partial charge in [0.1, 0.15) is 6.17 Å². The highest BCUT2D eigenvalue weighted by Gasteiger charge is 2.41. The minimum atomic E-state index is -0.0787. The normalized spacial score (nSPS) is 23.1. The van der Waals surface area contributed by atoms with Crippen molar-refractivity contribution in [3.63, 3.8) is 0 Å². The number of nitrogens with zero attached hydrogens (tertiary/aromatic N) is 1. The van der Waals surface area contributed by atoms with E-state index in [2.05, 4.69) is 38.2 Å². The smallest absolute Gasteiger partial charge is 0.241 e. The number of aryl methyl sites for hydroxylation is 1. The number of ether oxygens (including phenoxy) is 1. The molecule has 1 aromatic heterocycles. The molecule has 0 bridgehead atoms. The first-order chi connectivity index (χ1) is 9.54. The van der Waals surface area contributed by atoms with Crippen molar-refractivity contribution >= 4 is 17.2 Å². The van der Waals surface area contributed by atoms with Gasteiger partial charge in [0.25, 0.3) is 0 Å². The number of nitrogens with one attached hydrogen (secondary N) is 1. The van der Waals surface area contributed by atoms with E-state index in [4.69, 9.17) is 4.74 Å². The summed E-state index contributed by atoms with van der Waals surface area (Å²) in [5, 5.41) is 3.49. The lowest BCUT2D eigenvalue weighted by Crippen LogP contribution is -2.35. The average molecular weight is 296 g/mol. The van der Waals surface area contributed by atoms with Crippen molar-refractivity contribution < 1.29 is 9.53 Å². The number of hydrogen-bond donors (Lipinski definition) is 1. The van der Waals surface area contributed by atoms with E-state index in [0.717, 1.165) is 13.0 Å². The predicted molar refractivity (Wildman–Crippen MR) is 81.8 cm³/mol. The van der Waals surface area contributed by atoms with Crippen LogP contribution in [0.5, 0.6) is 0 Å². The molecule has 1 fully saturated rings. The highest BCUT2D eigenvalue weighted by molar-refractivity contribution is 7.12. The van der Waals surface area contributed by atoms with Crippen molar-refractivity contribution in [1.82, 2.24) is 10.2 Å². The van der Waals surface area contributed by atoms with Crippen LogP contribution in [0.15, 0.2) is 12.1 Å². The minimum absolute atomic E-state index is 0.0189. The molecule has 2 rings (SSSR count). The van der Waals surface area contributed by atoms with Gasteiger partial charge < -0.3 is 9.64 Å². The number of rotatable bonds is 6. The molecule has 0 saturated carbocycles. The van der Waals surface area contributed by atoms with Gasteiger partial charge in [-0.25, -0.2) is 0 Å². The summed E-state index contributed by atoms with van der Waals surface area (Å²) in [6.45, 7) is 7.70. The summed E-state index contributed by atoms with van der Waals surface area (Å²) in [7, 11) is 1.70. The summed E-state index contributed by atoms with van der Waals surface area (Å²) in [4.78, 5) is 17.0. The summed E-state index contributed by atoms with van der Waals surface area (Å²) >= 11 is 1.76. The largest absolute Gasteiger partial charge is 0.385 e. The number of carbonyl (C=O) groups is 1. The standard InChI is InChI=1S/C15H24N2O2S/c1-10(2)13-15(18)17(8-5-9-19-4)14(16-13)12-7-6-11(3)20-12/h6-7,10,13-14,16H,5,8-9H2,1-4H3. The summed E-state index contributed by atoms with van der Waals surface area (Å²) in [6, 6.07) is 4.16. The van der Waals surface area contributed by atoms with Crippen LogP contribution in [0, 0.1) is 12.8 Å². The molecule has 0 aromatic carbocycles. The van der Waals surface area contributed by atoms with Crippen LogP contribution in [-0.2, 0) is 9.53 Å². The van der Waals surface area contributed by atoms with Crippen molar-refractivity contribution in [2.24, 2.45) is 5.92 Å². The van der Waals surface area contributed by atoms with Gasteiger partial charge in [-0.05, 0) is 31.4 Å². The van der Waals surface area contributed by atoms with Crippen LogP contribution in [0.25, 0.3) is 0 Å². The van der Waals surface area contributed by atoms with Crippen LogP contribution in [0.1, 0.15) is 36.2 Å². The minimum Gasteiger partial charge on any atom is -0.385 e. The van der Waals surface area contributed by atoms with Gasteiger partial charge in [0.05, 0.1) is 6.04 Å². The van der Waals surface area contributed by atoms with Gasteiger partial charge in [-0.1, -0.05) is 13.8 Å². The van der Waals surface area contributed by atoms with Crippen LogP contribution in [-0.4, -0.2) is 37.1 Å². The molecule has 1 amide bonds. The Balaban J connectivity index is 2.15. The second-order valence-corrected chi connectivity index (χ2v) is 6.94. The number of thiophene rings is 1. The quantitative estimate of drug-likeness (QED) is 0.820. The number of methoxy groups -OCH3 is 1. The lowest BCUT2D eigenvalue weighted by molar-refractivity contribution is -0.130. The fourth-order valence-electron chi connectivity index (χ4n) is 2.57. The van der Waals surface area contributed by atoms with Crippen molar-refractivity contribution in [2.75, 3.05) is 20.3 Å². The molecule has 0 spiro atoms. The predicted octanol–water partition coefficient (Wildman–Crippen LogP) is 2.55. The summed E-state index contributed by atoms with van der Waals surface area (Å²) in [5.74, 6) is 0.519. The molecule has 2 heterocycles. The van der Waals surface area contributed by atoms with Gasteiger partial charge in [0.2, 0.25) is 5.91 Å². The first-order valence-electron chi connectivity index (χ1n) is 7.16. The van der Waals surface area contributed by atoms with E-state index in [1.54, 1.807) is 18.4 Å². The van der Waals surface area contributed by atoms with Gasteiger partial charge in [0, 0.05) is 30.0 Å². The van der Waals surface area contributed by atoms with Crippen LogP contribution < -0.4 is 5.32 Å². The summed E-state index contributed by atoms with van der Waals surface area (Å²) in [6.07, 6.45) is 0.890. The van der Waals surface area contributed by atoms with Crippen LogP contribution >= 0.6 is 11.3 Å². The topological polar surface area (TPSA) is 41.6 Å². The zero-order chi connectivity index (χ0) is 14.7. The molecule has 1 N–H and O–H groups in total. The molecule has 1 aromatic rings. The van der Waals surface area contributed by atoms with E-state index < -0.39 is 0 Å². The number of carbonyl (C=O) groups excluding carboxylic acids is 1. The first kappa shape index (κ1) is 15.5. The maximum absolute atomic E-state index is 12.6. The Labute approximate surface area is 125 Å². The maximum atomic E-state index is 12.6. The Morgan fingerprint density at radius 3 is 2.75 bits per heavy atom. The van der Waals surface area contributed by atoms with Crippen molar-refractivity contribution in [3.8, 4) is 0 Å². The lowest BCUT2D eigenvalue weighted by Gasteiger charge is -2.23. The molecule has 112 valence electrons. The zero-order valence-electron chi connectivity index (χ0n) is 12.7. The molecule has 1 aliphatic heterocycles. The highest BCUT2D eigenvalue weighted by atomic mass is 32.1.